The highest BCUT2D eigenvalue weighted by Gasteiger charge is 2.12. The lowest BCUT2D eigenvalue weighted by Gasteiger charge is -2.16. The van der Waals surface area contributed by atoms with Gasteiger partial charge in [0.25, 0.3) is 0 Å². The van der Waals surface area contributed by atoms with Crippen LogP contribution >= 0.6 is 0 Å². The molecule has 0 aliphatic heterocycles. The minimum atomic E-state index is 0.875. The summed E-state index contributed by atoms with van der Waals surface area (Å²) in [6.45, 7) is 6.38. The molecule has 0 N–H and O–H groups in total. The van der Waals surface area contributed by atoms with Crippen molar-refractivity contribution < 1.29 is 9.47 Å². The van der Waals surface area contributed by atoms with Crippen LogP contribution in [0.4, 0.5) is 0 Å². The van der Waals surface area contributed by atoms with Gasteiger partial charge in [-0.3, -0.25) is 0 Å². The van der Waals surface area contributed by atoms with Gasteiger partial charge in [0.2, 0.25) is 0 Å². The van der Waals surface area contributed by atoms with Crippen molar-refractivity contribution in [2.45, 2.75) is 20.8 Å². The number of hydrogen-bond acceptors (Lipinski definition) is 2. The van der Waals surface area contributed by atoms with Gasteiger partial charge in [-0.05, 0) is 77.9 Å². The molecule has 0 atom stereocenters. The van der Waals surface area contributed by atoms with Gasteiger partial charge in [-0.15, -0.1) is 0 Å². The maximum atomic E-state index is 5.53. The first kappa shape index (κ1) is 17.1. The Morgan fingerprint density at radius 3 is 1.64 bits per heavy atom. The highest BCUT2D eigenvalue weighted by Crippen LogP contribution is 2.35. The monoisotopic (exact) mass is 332 g/mol. The largest absolute Gasteiger partial charge is 0.497 e. The lowest BCUT2D eigenvalue weighted by atomic mass is 9.92. The Labute approximate surface area is 150 Å². The van der Waals surface area contributed by atoms with Crippen LogP contribution in [0, 0.1) is 20.8 Å². The highest BCUT2D eigenvalue weighted by molar-refractivity contribution is 5.75. The molecule has 0 heterocycles. The van der Waals surface area contributed by atoms with Crippen LogP contribution in [-0.4, -0.2) is 14.2 Å². The maximum absolute atomic E-state index is 5.53. The summed E-state index contributed by atoms with van der Waals surface area (Å²) >= 11 is 0. The zero-order valence-corrected chi connectivity index (χ0v) is 15.5. The third kappa shape index (κ3) is 3.25. The van der Waals surface area contributed by atoms with Crippen LogP contribution in [0.3, 0.4) is 0 Å². The standard InChI is InChI=1S/C23H24O2/c1-15-14-22(16(2)17(3)23(15)25-5)20-8-6-18(7-9-20)19-10-12-21(24-4)13-11-19/h6-14H,1-5H3. The van der Waals surface area contributed by atoms with E-state index in [4.69, 9.17) is 9.47 Å². The van der Waals surface area contributed by atoms with Gasteiger partial charge in [0, 0.05) is 0 Å². The van der Waals surface area contributed by atoms with Gasteiger partial charge in [0.15, 0.2) is 0 Å². The molecule has 3 aromatic rings. The number of rotatable bonds is 4. The molecule has 3 aromatic carbocycles. The van der Waals surface area contributed by atoms with Crippen LogP contribution in [0.15, 0.2) is 54.6 Å². The van der Waals surface area contributed by atoms with Crippen LogP contribution < -0.4 is 9.47 Å². The molecule has 0 amide bonds. The van der Waals surface area contributed by atoms with Crippen molar-refractivity contribution in [2.24, 2.45) is 0 Å². The van der Waals surface area contributed by atoms with Crippen LogP contribution in [0.25, 0.3) is 22.3 Å². The topological polar surface area (TPSA) is 18.5 Å². The predicted octanol–water partition coefficient (Wildman–Crippen LogP) is 5.96. The average Bonchev–Trinajstić information content (AvgIpc) is 2.65. The summed E-state index contributed by atoms with van der Waals surface area (Å²) in [4.78, 5) is 0. The molecule has 0 bridgehead atoms. The second-order valence-electron chi connectivity index (χ2n) is 6.33. The second-order valence-corrected chi connectivity index (χ2v) is 6.33. The minimum absolute atomic E-state index is 0.875. The fourth-order valence-corrected chi connectivity index (χ4v) is 3.30. The summed E-state index contributed by atoms with van der Waals surface area (Å²) in [6.07, 6.45) is 0. The summed E-state index contributed by atoms with van der Waals surface area (Å²) < 4.78 is 10.8. The lowest BCUT2D eigenvalue weighted by molar-refractivity contribution is 0.408. The Morgan fingerprint density at radius 1 is 0.600 bits per heavy atom. The zero-order chi connectivity index (χ0) is 18.0. The van der Waals surface area contributed by atoms with Gasteiger partial charge in [0.05, 0.1) is 14.2 Å². The van der Waals surface area contributed by atoms with Crippen LogP contribution in [0.5, 0.6) is 11.5 Å². The van der Waals surface area contributed by atoms with Gasteiger partial charge < -0.3 is 9.47 Å². The molecule has 0 radical (unpaired) electrons. The van der Waals surface area contributed by atoms with E-state index in [-0.39, 0.29) is 0 Å². The molecule has 0 saturated carbocycles. The first-order chi connectivity index (χ1) is 12.0. The molecule has 0 fully saturated rings. The van der Waals surface area contributed by atoms with Crippen molar-refractivity contribution in [3.05, 3.63) is 71.3 Å². The first-order valence-electron chi connectivity index (χ1n) is 8.44. The Kier molecular flexibility index (Phi) is 4.80. The number of hydrogen-bond donors (Lipinski definition) is 0. The fraction of sp³-hybridized carbons (Fsp3) is 0.217. The molecule has 2 nitrogen and oxygen atoms in total. The Morgan fingerprint density at radius 2 is 1.12 bits per heavy atom. The summed E-state index contributed by atoms with van der Waals surface area (Å²) in [6, 6.07) is 19.1. The Balaban J connectivity index is 1.97. The van der Waals surface area contributed by atoms with Crippen molar-refractivity contribution >= 4 is 0 Å². The Hall–Kier alpha value is -2.74. The molecule has 2 heteroatoms. The van der Waals surface area contributed by atoms with E-state index in [1.165, 1.54) is 38.9 Å². The lowest BCUT2D eigenvalue weighted by Crippen LogP contribution is -1.96. The fourth-order valence-electron chi connectivity index (χ4n) is 3.30. The van der Waals surface area contributed by atoms with Gasteiger partial charge in [-0.25, -0.2) is 0 Å². The van der Waals surface area contributed by atoms with E-state index < -0.39 is 0 Å². The molecular weight excluding hydrogens is 308 g/mol. The summed E-state index contributed by atoms with van der Waals surface area (Å²) in [5, 5.41) is 0. The maximum Gasteiger partial charge on any atom is 0.124 e. The van der Waals surface area contributed by atoms with E-state index in [1.807, 2.05) is 12.1 Å². The smallest absolute Gasteiger partial charge is 0.124 e. The second kappa shape index (κ2) is 7.02. The van der Waals surface area contributed by atoms with Crippen LogP contribution in [-0.2, 0) is 0 Å². The predicted molar refractivity (Wildman–Crippen MR) is 105 cm³/mol. The summed E-state index contributed by atoms with van der Waals surface area (Å²) in [5.74, 6) is 1.86. The van der Waals surface area contributed by atoms with Crippen LogP contribution in [0.1, 0.15) is 16.7 Å². The minimum Gasteiger partial charge on any atom is -0.497 e. The molecule has 25 heavy (non-hydrogen) atoms. The SMILES string of the molecule is COc1ccc(-c2ccc(-c3cc(C)c(OC)c(C)c3C)cc2)cc1. The third-order valence-electron chi connectivity index (χ3n) is 4.85. The summed E-state index contributed by atoms with van der Waals surface area (Å²) in [5.41, 5.74) is 8.51. The number of benzene rings is 3. The molecule has 0 unspecified atom stereocenters. The molecule has 0 aromatic heterocycles. The molecular formula is C23H24O2. The van der Waals surface area contributed by atoms with E-state index in [1.54, 1.807) is 14.2 Å². The summed E-state index contributed by atoms with van der Waals surface area (Å²) in [7, 11) is 3.42. The number of aryl methyl sites for hydroxylation is 1. The van der Waals surface area contributed by atoms with E-state index in [0.717, 1.165) is 11.5 Å². The first-order valence-corrected chi connectivity index (χ1v) is 8.44. The van der Waals surface area contributed by atoms with Gasteiger partial charge >= 0.3 is 0 Å². The molecule has 128 valence electrons. The van der Waals surface area contributed by atoms with Crippen LogP contribution in [0.2, 0.25) is 0 Å². The van der Waals surface area contributed by atoms with Crippen molar-refractivity contribution in [3.8, 4) is 33.8 Å². The third-order valence-corrected chi connectivity index (χ3v) is 4.85. The molecule has 3 rings (SSSR count). The normalized spacial score (nSPS) is 10.6. The number of ether oxygens (including phenoxy) is 2. The van der Waals surface area contributed by atoms with Gasteiger partial charge in [-0.1, -0.05) is 36.4 Å². The van der Waals surface area contributed by atoms with E-state index in [2.05, 4.69) is 63.2 Å². The van der Waals surface area contributed by atoms with E-state index in [0.29, 0.717) is 0 Å². The van der Waals surface area contributed by atoms with E-state index in [9.17, 15) is 0 Å². The molecule has 0 spiro atoms. The van der Waals surface area contributed by atoms with E-state index >= 15 is 0 Å². The van der Waals surface area contributed by atoms with Gasteiger partial charge in [-0.2, -0.15) is 0 Å². The van der Waals surface area contributed by atoms with Crippen molar-refractivity contribution in [1.29, 1.82) is 0 Å². The van der Waals surface area contributed by atoms with Crippen molar-refractivity contribution in [1.82, 2.24) is 0 Å². The van der Waals surface area contributed by atoms with Crippen molar-refractivity contribution in [3.63, 3.8) is 0 Å². The quantitative estimate of drug-likeness (QED) is 0.586. The highest BCUT2D eigenvalue weighted by atomic mass is 16.5. The zero-order valence-electron chi connectivity index (χ0n) is 15.5. The Bertz CT molecular complexity index is 875. The molecule has 0 saturated heterocycles. The molecule has 0 aliphatic carbocycles. The number of methoxy groups -OCH3 is 2. The average molecular weight is 332 g/mol. The molecule has 0 aliphatic rings. The van der Waals surface area contributed by atoms with Crippen molar-refractivity contribution in [2.75, 3.05) is 14.2 Å². The van der Waals surface area contributed by atoms with Gasteiger partial charge in [0.1, 0.15) is 11.5 Å².